The van der Waals surface area contributed by atoms with Gasteiger partial charge < -0.3 is 0 Å². The van der Waals surface area contributed by atoms with Gasteiger partial charge in [-0.15, -0.1) is 0 Å². The highest BCUT2D eigenvalue weighted by molar-refractivity contribution is 14.1. The molecule has 0 saturated heterocycles. The first kappa shape index (κ1) is 19.1. The molecule has 26 heavy (non-hydrogen) atoms. The SMILES string of the molecule is Fc1cc([SH](c2ccc(I)cc2)c2cc(F)c(F)c(F)c2)cc(F)c1F. The van der Waals surface area contributed by atoms with E-state index in [2.05, 4.69) is 0 Å². The van der Waals surface area contributed by atoms with Crippen molar-refractivity contribution < 1.29 is 26.3 Å². The molecule has 0 heterocycles. The lowest BCUT2D eigenvalue weighted by Crippen LogP contribution is -1.98. The van der Waals surface area contributed by atoms with E-state index in [1.54, 1.807) is 24.3 Å². The van der Waals surface area contributed by atoms with E-state index in [0.717, 1.165) is 27.8 Å². The van der Waals surface area contributed by atoms with Crippen LogP contribution in [0, 0.1) is 38.5 Å². The molecule has 0 radical (unpaired) electrons. The third-order valence-corrected chi connectivity index (χ3v) is 6.62. The second-order valence-corrected chi connectivity index (χ2v) is 8.72. The summed E-state index contributed by atoms with van der Waals surface area (Å²) in [6.07, 6.45) is 0. The first-order valence-corrected chi connectivity index (χ1v) is 9.54. The van der Waals surface area contributed by atoms with Gasteiger partial charge in [0, 0.05) is 13.4 Å². The summed E-state index contributed by atoms with van der Waals surface area (Å²) in [6, 6.07) is 9.79. The summed E-state index contributed by atoms with van der Waals surface area (Å²) in [5.41, 5.74) is 0. The van der Waals surface area contributed by atoms with Gasteiger partial charge in [-0.1, -0.05) is 0 Å². The zero-order chi connectivity index (χ0) is 19.0. The van der Waals surface area contributed by atoms with Crippen molar-refractivity contribution in [2.75, 3.05) is 0 Å². The molecule has 0 spiro atoms. The van der Waals surface area contributed by atoms with Crippen molar-refractivity contribution in [1.29, 1.82) is 0 Å². The van der Waals surface area contributed by atoms with Crippen molar-refractivity contribution in [1.82, 2.24) is 0 Å². The van der Waals surface area contributed by atoms with Crippen LogP contribution >= 0.6 is 33.5 Å². The first-order chi connectivity index (χ1) is 12.3. The molecule has 3 rings (SSSR count). The van der Waals surface area contributed by atoms with E-state index >= 15 is 0 Å². The monoisotopic (exact) mass is 498 g/mol. The maximum absolute atomic E-state index is 13.7. The molecule has 0 bridgehead atoms. The molecule has 0 aliphatic carbocycles. The standard InChI is InChI=1S/C18H9F6IS/c19-13-5-11(6-14(20)17(13)23)26(10-3-1-9(25)2-4-10)12-7-15(21)18(24)16(22)8-12/h1-8,26H. The molecule has 3 aromatic rings. The van der Waals surface area contributed by atoms with Gasteiger partial charge in [0.15, 0.2) is 34.9 Å². The Morgan fingerprint density at radius 3 is 1.23 bits per heavy atom. The van der Waals surface area contributed by atoms with Gasteiger partial charge in [0.1, 0.15) is 0 Å². The summed E-state index contributed by atoms with van der Waals surface area (Å²) in [7, 11) is -1.84. The zero-order valence-electron chi connectivity index (χ0n) is 12.7. The molecule has 0 aliphatic heterocycles. The van der Waals surface area contributed by atoms with E-state index in [4.69, 9.17) is 0 Å². The number of halogens is 7. The molecule has 0 unspecified atom stereocenters. The molecule has 0 aliphatic rings. The topological polar surface area (TPSA) is 0 Å². The van der Waals surface area contributed by atoms with Crippen molar-refractivity contribution in [2.24, 2.45) is 0 Å². The Labute approximate surface area is 161 Å². The minimum absolute atomic E-state index is 0.00279. The number of hydrogen-bond acceptors (Lipinski definition) is 0. The largest absolute Gasteiger partial charge is 0.204 e. The number of rotatable bonds is 3. The van der Waals surface area contributed by atoms with E-state index in [-0.39, 0.29) is 9.79 Å². The molecule has 0 nitrogen and oxygen atoms in total. The minimum Gasteiger partial charge on any atom is -0.204 e. The average Bonchev–Trinajstić information content (AvgIpc) is 2.59. The van der Waals surface area contributed by atoms with Crippen LogP contribution in [-0.2, 0) is 0 Å². The number of thiol groups is 1. The summed E-state index contributed by atoms with van der Waals surface area (Å²) in [6.45, 7) is 0. The summed E-state index contributed by atoms with van der Waals surface area (Å²) >= 11 is 2.05. The Balaban J connectivity index is 2.25. The first-order valence-electron chi connectivity index (χ1n) is 7.12. The van der Waals surface area contributed by atoms with Crippen LogP contribution < -0.4 is 0 Å². The second kappa shape index (κ2) is 7.51. The summed E-state index contributed by atoms with van der Waals surface area (Å²) < 4.78 is 82.3. The Kier molecular flexibility index (Phi) is 5.52. The lowest BCUT2D eigenvalue weighted by molar-refractivity contribution is 0.442. The van der Waals surface area contributed by atoms with Crippen molar-refractivity contribution in [3.05, 3.63) is 87.0 Å². The van der Waals surface area contributed by atoms with Gasteiger partial charge in [-0.05, 0) is 76.0 Å². The Morgan fingerprint density at radius 1 is 0.538 bits per heavy atom. The van der Waals surface area contributed by atoms with Crippen molar-refractivity contribution >= 4 is 33.5 Å². The Bertz CT molecular complexity index is 870. The minimum atomic E-state index is -1.84. The predicted molar refractivity (Wildman–Crippen MR) is 95.6 cm³/mol. The van der Waals surface area contributed by atoms with Gasteiger partial charge >= 0.3 is 0 Å². The van der Waals surface area contributed by atoms with Gasteiger partial charge in [-0.3, -0.25) is 0 Å². The van der Waals surface area contributed by atoms with Crippen molar-refractivity contribution in [3.8, 4) is 0 Å². The maximum Gasteiger partial charge on any atom is 0.194 e. The fourth-order valence-corrected chi connectivity index (χ4v) is 5.05. The van der Waals surface area contributed by atoms with Crippen LogP contribution in [0.15, 0.2) is 63.2 Å². The van der Waals surface area contributed by atoms with Crippen LogP contribution in [0.4, 0.5) is 26.3 Å². The maximum atomic E-state index is 13.7. The fourth-order valence-electron chi connectivity index (χ4n) is 2.38. The Morgan fingerprint density at radius 2 is 0.885 bits per heavy atom. The molecular weight excluding hydrogens is 489 g/mol. The average molecular weight is 498 g/mol. The molecule has 136 valence electrons. The molecule has 0 N–H and O–H groups in total. The predicted octanol–water partition coefficient (Wildman–Crippen LogP) is 6.60. The van der Waals surface area contributed by atoms with E-state index in [0.29, 0.717) is 4.90 Å². The van der Waals surface area contributed by atoms with Gasteiger partial charge in [0.05, 0.1) is 0 Å². The van der Waals surface area contributed by atoms with Crippen LogP contribution in [0.3, 0.4) is 0 Å². The van der Waals surface area contributed by atoms with Crippen LogP contribution in [0.25, 0.3) is 0 Å². The normalized spacial score (nSPS) is 11.6. The number of hydrogen-bond donors (Lipinski definition) is 1. The number of benzene rings is 3. The molecule has 0 atom stereocenters. The van der Waals surface area contributed by atoms with E-state index in [1.165, 1.54) is 0 Å². The van der Waals surface area contributed by atoms with Crippen molar-refractivity contribution in [2.45, 2.75) is 14.7 Å². The lowest BCUT2D eigenvalue weighted by atomic mass is 10.3. The van der Waals surface area contributed by atoms with E-state index < -0.39 is 45.8 Å². The Hall–Kier alpha value is -1.68. The highest BCUT2D eigenvalue weighted by Crippen LogP contribution is 2.52. The van der Waals surface area contributed by atoms with Gasteiger partial charge in [0.2, 0.25) is 0 Å². The van der Waals surface area contributed by atoms with Gasteiger partial charge in [-0.2, -0.15) is 10.9 Å². The fraction of sp³-hybridized carbons (Fsp3) is 0. The molecule has 0 saturated carbocycles. The molecule has 0 aromatic heterocycles. The van der Waals surface area contributed by atoms with Crippen molar-refractivity contribution in [3.63, 3.8) is 0 Å². The third kappa shape index (κ3) is 3.71. The summed E-state index contributed by atoms with van der Waals surface area (Å²) in [5, 5.41) is 0. The molecule has 8 heteroatoms. The van der Waals surface area contributed by atoms with Crippen LogP contribution in [0.5, 0.6) is 0 Å². The highest BCUT2D eigenvalue weighted by Gasteiger charge is 2.21. The molecule has 3 aromatic carbocycles. The second-order valence-electron chi connectivity index (χ2n) is 5.26. The smallest absolute Gasteiger partial charge is 0.194 e. The van der Waals surface area contributed by atoms with Gasteiger partial charge in [-0.25, -0.2) is 26.3 Å². The van der Waals surface area contributed by atoms with Crippen LogP contribution in [0.1, 0.15) is 0 Å². The summed E-state index contributed by atoms with van der Waals surface area (Å²) in [5.74, 6) is -8.94. The molecular formula is C18H9F6IS. The molecule has 0 fully saturated rings. The highest BCUT2D eigenvalue weighted by atomic mass is 127. The molecule has 0 amide bonds. The van der Waals surface area contributed by atoms with Gasteiger partial charge in [0.25, 0.3) is 0 Å². The van der Waals surface area contributed by atoms with E-state index in [1.807, 2.05) is 22.6 Å². The lowest BCUT2D eigenvalue weighted by Gasteiger charge is -2.24. The van der Waals surface area contributed by atoms with E-state index in [9.17, 15) is 26.3 Å². The quantitative estimate of drug-likeness (QED) is 0.179. The van der Waals surface area contributed by atoms with Crippen LogP contribution in [0.2, 0.25) is 0 Å². The third-order valence-electron chi connectivity index (χ3n) is 3.54. The summed E-state index contributed by atoms with van der Waals surface area (Å²) in [4.78, 5) is 0.516. The zero-order valence-corrected chi connectivity index (χ0v) is 15.8. The van der Waals surface area contributed by atoms with Crippen LogP contribution in [-0.4, -0.2) is 0 Å².